The molecule has 4 heteroatoms. The summed E-state index contributed by atoms with van der Waals surface area (Å²) in [6, 6.07) is 14.6. The zero-order valence-electron chi connectivity index (χ0n) is 11.6. The van der Waals surface area contributed by atoms with Gasteiger partial charge in [0.25, 0.3) is 0 Å². The molecule has 1 aliphatic heterocycles. The van der Waals surface area contributed by atoms with Gasteiger partial charge in [-0.2, -0.15) is 0 Å². The van der Waals surface area contributed by atoms with Gasteiger partial charge >= 0.3 is 0 Å². The molecule has 1 saturated heterocycles. The molecule has 3 nitrogen and oxygen atoms in total. The highest BCUT2D eigenvalue weighted by Crippen LogP contribution is 2.23. The topological polar surface area (TPSA) is 46.2 Å². The van der Waals surface area contributed by atoms with Crippen LogP contribution in [0.2, 0.25) is 0 Å². The number of fused-ring (bicyclic) bond motifs is 1. The van der Waals surface area contributed by atoms with Gasteiger partial charge in [-0.15, -0.1) is 0 Å². The molecule has 0 spiro atoms. The van der Waals surface area contributed by atoms with E-state index in [2.05, 4.69) is 35.6 Å². The second kappa shape index (κ2) is 4.86. The molecule has 0 aromatic heterocycles. The molecule has 0 amide bonds. The van der Waals surface area contributed by atoms with Gasteiger partial charge in [0, 0.05) is 12.1 Å². The van der Waals surface area contributed by atoms with E-state index in [4.69, 9.17) is 0 Å². The van der Waals surface area contributed by atoms with Gasteiger partial charge in [0.2, 0.25) is 0 Å². The molecule has 106 valence electrons. The third kappa shape index (κ3) is 2.86. The molecule has 0 aliphatic carbocycles. The minimum absolute atomic E-state index is 0.244. The van der Waals surface area contributed by atoms with Crippen LogP contribution in [0, 0.1) is 0 Å². The maximum Gasteiger partial charge on any atom is 0.152 e. The Kier molecular flexibility index (Phi) is 3.30. The number of rotatable bonds is 3. The first-order valence-electron chi connectivity index (χ1n) is 6.89. The first kappa shape index (κ1) is 13.6. The summed E-state index contributed by atoms with van der Waals surface area (Å²) in [5.41, 5.74) is 0.902. The van der Waals surface area contributed by atoms with Crippen molar-refractivity contribution in [2.24, 2.45) is 0 Å². The van der Waals surface area contributed by atoms with Crippen LogP contribution in [-0.4, -0.2) is 25.5 Å². The molecule has 20 heavy (non-hydrogen) atoms. The molecule has 0 saturated carbocycles. The molecule has 0 bridgehead atoms. The molecule has 1 fully saturated rings. The highest BCUT2D eigenvalue weighted by atomic mass is 32.2. The van der Waals surface area contributed by atoms with Crippen molar-refractivity contribution in [1.29, 1.82) is 0 Å². The predicted molar refractivity (Wildman–Crippen MR) is 82.5 cm³/mol. The van der Waals surface area contributed by atoms with Crippen molar-refractivity contribution >= 4 is 20.6 Å². The fourth-order valence-electron chi connectivity index (χ4n) is 2.81. The third-order valence-electron chi connectivity index (χ3n) is 4.04. The first-order valence-corrected chi connectivity index (χ1v) is 8.71. The largest absolute Gasteiger partial charge is 0.306 e. The number of hydrogen-bond acceptors (Lipinski definition) is 3. The molecular weight excluding hydrogens is 270 g/mol. The number of sulfone groups is 1. The Hall–Kier alpha value is -1.39. The van der Waals surface area contributed by atoms with Gasteiger partial charge in [0.05, 0.1) is 11.5 Å². The van der Waals surface area contributed by atoms with Gasteiger partial charge in [-0.05, 0) is 35.7 Å². The molecule has 1 heterocycles. The standard InChI is InChI=1S/C16H19NO2S/c1-16(8-9-20(18,19)12-16)17-11-13-6-7-14-4-2-3-5-15(14)10-13/h2-7,10,17H,8-9,11-12H2,1H3. The fraction of sp³-hybridized carbons (Fsp3) is 0.375. The second-order valence-electron chi connectivity index (χ2n) is 5.94. The van der Waals surface area contributed by atoms with Crippen LogP contribution in [0.5, 0.6) is 0 Å². The predicted octanol–water partition coefficient (Wildman–Crippen LogP) is 2.51. The second-order valence-corrected chi connectivity index (χ2v) is 8.12. The molecule has 3 rings (SSSR count). The SMILES string of the molecule is CC1(NCc2ccc3ccccc3c2)CCS(=O)(=O)C1. The number of benzene rings is 2. The Morgan fingerprint density at radius 2 is 1.90 bits per heavy atom. The zero-order chi connectivity index (χ0) is 14.2. The summed E-state index contributed by atoms with van der Waals surface area (Å²) in [7, 11) is -2.86. The smallest absolute Gasteiger partial charge is 0.152 e. The van der Waals surface area contributed by atoms with Gasteiger partial charge in [0.1, 0.15) is 0 Å². The molecule has 1 aliphatic rings. The van der Waals surface area contributed by atoms with Crippen molar-refractivity contribution in [2.75, 3.05) is 11.5 Å². The van der Waals surface area contributed by atoms with E-state index in [0.29, 0.717) is 18.7 Å². The highest BCUT2D eigenvalue weighted by molar-refractivity contribution is 7.91. The Balaban J connectivity index is 1.74. The van der Waals surface area contributed by atoms with Crippen molar-refractivity contribution in [3.8, 4) is 0 Å². The van der Waals surface area contributed by atoms with E-state index >= 15 is 0 Å². The fourth-order valence-corrected chi connectivity index (χ4v) is 4.94. The lowest BCUT2D eigenvalue weighted by Gasteiger charge is -2.24. The summed E-state index contributed by atoms with van der Waals surface area (Å²) in [6.45, 7) is 2.70. The lowest BCUT2D eigenvalue weighted by molar-refractivity contribution is 0.395. The summed E-state index contributed by atoms with van der Waals surface area (Å²) in [5, 5.41) is 5.86. The Morgan fingerprint density at radius 1 is 1.15 bits per heavy atom. The summed E-state index contributed by atoms with van der Waals surface area (Å²) in [4.78, 5) is 0. The Bertz CT molecular complexity index is 739. The summed E-state index contributed by atoms with van der Waals surface area (Å²) in [6.07, 6.45) is 0.697. The Morgan fingerprint density at radius 3 is 2.60 bits per heavy atom. The van der Waals surface area contributed by atoms with E-state index in [1.807, 2.05) is 19.1 Å². The first-order chi connectivity index (χ1) is 9.46. The van der Waals surface area contributed by atoms with Crippen LogP contribution in [0.3, 0.4) is 0 Å². The van der Waals surface area contributed by atoms with E-state index in [0.717, 1.165) is 0 Å². The molecule has 1 N–H and O–H groups in total. The lowest BCUT2D eigenvalue weighted by Crippen LogP contribution is -2.42. The van der Waals surface area contributed by atoms with E-state index in [1.165, 1.54) is 16.3 Å². The molecule has 1 unspecified atom stereocenters. The molecule has 2 aromatic carbocycles. The van der Waals surface area contributed by atoms with E-state index < -0.39 is 9.84 Å². The normalized spacial score (nSPS) is 25.1. The van der Waals surface area contributed by atoms with Gasteiger partial charge < -0.3 is 5.32 Å². The third-order valence-corrected chi connectivity index (χ3v) is 5.94. The monoisotopic (exact) mass is 289 g/mol. The van der Waals surface area contributed by atoms with E-state index in [-0.39, 0.29) is 11.3 Å². The van der Waals surface area contributed by atoms with Crippen molar-refractivity contribution in [2.45, 2.75) is 25.4 Å². The van der Waals surface area contributed by atoms with Crippen molar-refractivity contribution < 1.29 is 8.42 Å². The summed E-state index contributed by atoms with van der Waals surface area (Å²) >= 11 is 0. The van der Waals surface area contributed by atoms with Gasteiger partial charge in [0.15, 0.2) is 9.84 Å². The minimum atomic E-state index is -2.86. The van der Waals surface area contributed by atoms with E-state index in [9.17, 15) is 8.42 Å². The molecule has 2 aromatic rings. The highest BCUT2D eigenvalue weighted by Gasteiger charge is 2.37. The van der Waals surface area contributed by atoms with Crippen LogP contribution < -0.4 is 5.32 Å². The van der Waals surface area contributed by atoms with Crippen LogP contribution in [0.1, 0.15) is 18.9 Å². The minimum Gasteiger partial charge on any atom is -0.306 e. The maximum atomic E-state index is 11.6. The average molecular weight is 289 g/mol. The zero-order valence-corrected chi connectivity index (χ0v) is 12.4. The van der Waals surface area contributed by atoms with Crippen LogP contribution in [0.4, 0.5) is 0 Å². The van der Waals surface area contributed by atoms with Gasteiger partial charge in [-0.25, -0.2) is 8.42 Å². The van der Waals surface area contributed by atoms with Crippen LogP contribution >= 0.6 is 0 Å². The van der Waals surface area contributed by atoms with Gasteiger partial charge in [-0.3, -0.25) is 0 Å². The maximum absolute atomic E-state index is 11.6. The summed E-state index contributed by atoms with van der Waals surface area (Å²) < 4.78 is 23.2. The van der Waals surface area contributed by atoms with Crippen molar-refractivity contribution in [3.63, 3.8) is 0 Å². The molecule has 1 atom stereocenters. The number of nitrogens with one attached hydrogen (secondary N) is 1. The quantitative estimate of drug-likeness (QED) is 0.944. The van der Waals surface area contributed by atoms with Crippen molar-refractivity contribution in [1.82, 2.24) is 5.32 Å². The van der Waals surface area contributed by atoms with E-state index in [1.54, 1.807) is 0 Å². The van der Waals surface area contributed by atoms with Crippen LogP contribution in [-0.2, 0) is 16.4 Å². The van der Waals surface area contributed by atoms with Crippen LogP contribution in [0.25, 0.3) is 10.8 Å². The van der Waals surface area contributed by atoms with Crippen LogP contribution in [0.15, 0.2) is 42.5 Å². The van der Waals surface area contributed by atoms with Crippen molar-refractivity contribution in [3.05, 3.63) is 48.0 Å². The number of hydrogen-bond donors (Lipinski definition) is 1. The molecule has 0 radical (unpaired) electrons. The average Bonchev–Trinajstić information content (AvgIpc) is 2.71. The lowest BCUT2D eigenvalue weighted by atomic mass is 10.0. The molecular formula is C16H19NO2S. The summed E-state index contributed by atoms with van der Waals surface area (Å²) in [5.74, 6) is 0.543. The Labute approximate surface area is 119 Å². The van der Waals surface area contributed by atoms with Gasteiger partial charge in [-0.1, -0.05) is 36.4 Å².